The number of oxazole rings is 1. The molecular formula is C17H13Cl2FN2O2. The number of hydrogen-bond donors (Lipinski definition) is 0. The molecule has 3 rings (SSSR count). The summed E-state index contributed by atoms with van der Waals surface area (Å²) in [5.41, 5.74) is 2.11. The van der Waals surface area contributed by atoms with Crippen LogP contribution >= 0.6 is 23.2 Å². The summed E-state index contributed by atoms with van der Waals surface area (Å²) in [6.07, 6.45) is 0. The van der Waals surface area contributed by atoms with E-state index in [1.807, 2.05) is 0 Å². The summed E-state index contributed by atoms with van der Waals surface area (Å²) in [6.45, 7) is -0.550. The van der Waals surface area contributed by atoms with Gasteiger partial charge in [0.15, 0.2) is 5.58 Å². The molecule has 1 heterocycles. The number of aromatic nitrogens is 1. The molecule has 0 atom stereocenters. The van der Waals surface area contributed by atoms with E-state index < -0.39 is 6.67 Å². The predicted molar refractivity (Wildman–Crippen MR) is 92.4 cm³/mol. The van der Waals surface area contributed by atoms with Crippen molar-refractivity contribution in [3.05, 3.63) is 52.0 Å². The van der Waals surface area contributed by atoms with Crippen molar-refractivity contribution in [1.82, 2.24) is 9.88 Å². The molecular weight excluding hydrogens is 354 g/mol. The Morgan fingerprint density at radius 2 is 1.92 bits per heavy atom. The fourth-order valence-electron chi connectivity index (χ4n) is 2.31. The van der Waals surface area contributed by atoms with Crippen LogP contribution in [0, 0.1) is 0 Å². The van der Waals surface area contributed by atoms with Crippen LogP contribution < -0.4 is 0 Å². The molecule has 1 amide bonds. The maximum absolute atomic E-state index is 12.4. The van der Waals surface area contributed by atoms with Crippen LogP contribution in [0.4, 0.5) is 4.39 Å². The van der Waals surface area contributed by atoms with Crippen molar-refractivity contribution in [2.45, 2.75) is 0 Å². The molecule has 0 aliphatic rings. The Bertz CT molecular complexity index is 890. The maximum atomic E-state index is 12.4. The van der Waals surface area contributed by atoms with E-state index in [4.69, 9.17) is 27.6 Å². The highest BCUT2D eigenvalue weighted by Gasteiger charge is 2.15. The summed E-state index contributed by atoms with van der Waals surface area (Å²) >= 11 is 12.0. The lowest BCUT2D eigenvalue weighted by Crippen LogP contribution is -2.28. The summed E-state index contributed by atoms with van der Waals surface area (Å²) in [7, 11) is 1.55. The van der Waals surface area contributed by atoms with E-state index in [-0.39, 0.29) is 12.5 Å². The van der Waals surface area contributed by atoms with Crippen molar-refractivity contribution < 1.29 is 13.6 Å². The van der Waals surface area contributed by atoms with E-state index in [9.17, 15) is 9.18 Å². The van der Waals surface area contributed by atoms with Crippen molar-refractivity contribution in [3.8, 4) is 11.5 Å². The molecule has 4 nitrogen and oxygen atoms in total. The van der Waals surface area contributed by atoms with E-state index in [0.717, 1.165) is 0 Å². The molecule has 7 heteroatoms. The third-order valence-corrected chi connectivity index (χ3v) is 3.95. The summed E-state index contributed by atoms with van der Waals surface area (Å²) in [5, 5.41) is 0.951. The first-order valence-electron chi connectivity index (χ1n) is 7.16. The lowest BCUT2D eigenvalue weighted by molar-refractivity contribution is 0.0786. The average Bonchev–Trinajstić information content (AvgIpc) is 2.96. The van der Waals surface area contributed by atoms with Gasteiger partial charge >= 0.3 is 0 Å². The van der Waals surface area contributed by atoms with Gasteiger partial charge in [-0.25, -0.2) is 9.37 Å². The Hall–Kier alpha value is -2.11. The van der Waals surface area contributed by atoms with Crippen LogP contribution in [0.2, 0.25) is 10.0 Å². The van der Waals surface area contributed by atoms with Gasteiger partial charge in [0.2, 0.25) is 5.89 Å². The first kappa shape index (κ1) is 16.7. The van der Waals surface area contributed by atoms with E-state index in [0.29, 0.717) is 38.2 Å². The minimum Gasteiger partial charge on any atom is -0.436 e. The topological polar surface area (TPSA) is 46.3 Å². The summed E-state index contributed by atoms with van der Waals surface area (Å²) < 4.78 is 18.1. The van der Waals surface area contributed by atoms with Crippen LogP contribution in [0.5, 0.6) is 0 Å². The monoisotopic (exact) mass is 366 g/mol. The number of halogens is 3. The first-order chi connectivity index (χ1) is 11.5. The predicted octanol–water partition coefficient (Wildman–Crippen LogP) is 4.84. The van der Waals surface area contributed by atoms with Crippen LogP contribution in [0.1, 0.15) is 10.4 Å². The Labute approximate surface area is 147 Å². The molecule has 1 aromatic heterocycles. The van der Waals surface area contributed by atoms with Gasteiger partial charge < -0.3 is 9.32 Å². The number of hydrogen-bond acceptors (Lipinski definition) is 3. The molecule has 0 fully saturated rings. The normalized spacial score (nSPS) is 11.0. The second kappa shape index (κ2) is 6.79. The molecule has 124 valence electrons. The van der Waals surface area contributed by atoms with Gasteiger partial charge in [-0.1, -0.05) is 23.2 Å². The number of nitrogens with zero attached hydrogens (tertiary/aromatic N) is 2. The van der Waals surface area contributed by atoms with Gasteiger partial charge in [-0.15, -0.1) is 0 Å². The summed E-state index contributed by atoms with van der Waals surface area (Å²) in [4.78, 5) is 17.9. The number of carbonyl (C=O) groups excluding carboxylic acids is 1. The molecule has 0 saturated carbocycles. The fourth-order valence-corrected chi connectivity index (χ4v) is 2.83. The van der Waals surface area contributed by atoms with Gasteiger partial charge in [0.25, 0.3) is 5.91 Å². The van der Waals surface area contributed by atoms with Crippen LogP contribution in [-0.2, 0) is 0 Å². The van der Waals surface area contributed by atoms with E-state index >= 15 is 0 Å². The van der Waals surface area contributed by atoms with Gasteiger partial charge in [0.1, 0.15) is 12.2 Å². The maximum Gasteiger partial charge on any atom is 0.253 e. The van der Waals surface area contributed by atoms with Crippen LogP contribution in [0.15, 0.2) is 40.8 Å². The number of fused-ring (bicyclic) bond motifs is 1. The quantitative estimate of drug-likeness (QED) is 0.663. The standard InChI is InChI=1S/C17H13Cl2FN2O2/c1-22(5-4-20)17(23)10-2-3-14-15(8-10)24-16(21-14)11-6-12(18)9-13(19)7-11/h2-3,6-9H,4-5H2,1H3. The molecule has 24 heavy (non-hydrogen) atoms. The molecule has 0 spiro atoms. The number of benzene rings is 2. The third-order valence-electron chi connectivity index (χ3n) is 3.51. The molecule has 0 unspecified atom stereocenters. The molecule has 0 radical (unpaired) electrons. The molecule has 0 bridgehead atoms. The Morgan fingerprint density at radius 1 is 1.21 bits per heavy atom. The molecule has 0 N–H and O–H groups in total. The van der Waals surface area contributed by atoms with Crippen LogP contribution in [0.25, 0.3) is 22.6 Å². The Kier molecular flexibility index (Phi) is 4.73. The lowest BCUT2D eigenvalue weighted by Gasteiger charge is -2.14. The zero-order chi connectivity index (χ0) is 17.3. The number of amides is 1. The number of carbonyl (C=O) groups is 1. The average molecular weight is 367 g/mol. The number of alkyl halides is 1. The van der Waals surface area contributed by atoms with Crippen LogP contribution in [0.3, 0.4) is 0 Å². The van der Waals surface area contributed by atoms with Gasteiger partial charge in [-0.05, 0) is 36.4 Å². The van der Waals surface area contributed by atoms with Crippen molar-refractivity contribution >= 4 is 40.2 Å². The molecule has 0 aliphatic heterocycles. The molecule has 2 aromatic carbocycles. The molecule has 3 aromatic rings. The largest absolute Gasteiger partial charge is 0.436 e. The van der Waals surface area contributed by atoms with Gasteiger partial charge in [0.05, 0.1) is 0 Å². The highest BCUT2D eigenvalue weighted by atomic mass is 35.5. The van der Waals surface area contributed by atoms with E-state index in [2.05, 4.69) is 4.98 Å². The van der Waals surface area contributed by atoms with E-state index in [1.165, 1.54) is 4.90 Å². The first-order valence-corrected chi connectivity index (χ1v) is 7.92. The number of rotatable bonds is 4. The van der Waals surface area contributed by atoms with Crippen molar-refractivity contribution in [3.63, 3.8) is 0 Å². The zero-order valence-electron chi connectivity index (χ0n) is 12.7. The van der Waals surface area contributed by atoms with Crippen molar-refractivity contribution in [2.75, 3.05) is 20.3 Å². The minimum absolute atomic E-state index is 0.0412. The van der Waals surface area contributed by atoms with Gasteiger partial charge in [0, 0.05) is 34.8 Å². The highest BCUT2D eigenvalue weighted by Crippen LogP contribution is 2.29. The second-order valence-corrected chi connectivity index (χ2v) is 6.15. The Morgan fingerprint density at radius 3 is 2.58 bits per heavy atom. The summed E-state index contributed by atoms with van der Waals surface area (Å²) in [5.74, 6) is 0.0782. The Balaban J connectivity index is 1.98. The molecule has 0 saturated heterocycles. The lowest BCUT2D eigenvalue weighted by atomic mass is 10.2. The zero-order valence-corrected chi connectivity index (χ0v) is 14.2. The molecule has 0 aliphatic carbocycles. The van der Waals surface area contributed by atoms with Crippen molar-refractivity contribution in [1.29, 1.82) is 0 Å². The van der Waals surface area contributed by atoms with Crippen LogP contribution in [-0.4, -0.2) is 36.1 Å². The van der Waals surface area contributed by atoms with Gasteiger partial charge in [-0.3, -0.25) is 4.79 Å². The van der Waals surface area contributed by atoms with Crippen molar-refractivity contribution in [2.24, 2.45) is 0 Å². The smallest absolute Gasteiger partial charge is 0.253 e. The summed E-state index contributed by atoms with van der Waals surface area (Å²) in [6, 6.07) is 9.92. The van der Waals surface area contributed by atoms with E-state index in [1.54, 1.807) is 43.4 Å². The highest BCUT2D eigenvalue weighted by molar-refractivity contribution is 6.35. The third kappa shape index (κ3) is 3.37. The second-order valence-electron chi connectivity index (χ2n) is 5.28. The fraction of sp³-hybridized carbons (Fsp3) is 0.176. The SMILES string of the molecule is CN(CCF)C(=O)c1ccc2nc(-c3cc(Cl)cc(Cl)c3)oc2c1. The van der Waals surface area contributed by atoms with Gasteiger partial charge in [-0.2, -0.15) is 0 Å². The minimum atomic E-state index is -0.591.